The van der Waals surface area contributed by atoms with E-state index < -0.39 is 0 Å². The maximum atomic E-state index is 11.3. The Morgan fingerprint density at radius 3 is 2.70 bits per heavy atom. The number of nitroso groups, excluding NO2 is 1. The molecule has 0 radical (unpaired) electrons. The van der Waals surface area contributed by atoms with Gasteiger partial charge in [-0.1, -0.05) is 23.7 Å². The third-order valence-corrected chi connectivity index (χ3v) is 3.63. The Balaban J connectivity index is 2.11. The van der Waals surface area contributed by atoms with Crippen LogP contribution in [-0.4, -0.2) is 5.16 Å². The molecule has 98 valence electrons. The Bertz CT molecular complexity index is 821. The van der Waals surface area contributed by atoms with E-state index in [0.717, 1.165) is 16.8 Å². The minimum Gasteiger partial charge on any atom is -0.379 e. The topological polar surface area (TPSA) is 61.6 Å². The van der Waals surface area contributed by atoms with Gasteiger partial charge in [0.1, 0.15) is 5.69 Å². The van der Waals surface area contributed by atoms with Crippen LogP contribution >= 0.6 is 11.6 Å². The van der Waals surface area contributed by atoms with Gasteiger partial charge in [0.05, 0.1) is 16.7 Å². The highest BCUT2D eigenvalue weighted by Crippen LogP contribution is 2.48. The van der Waals surface area contributed by atoms with Gasteiger partial charge in [-0.25, -0.2) is 5.16 Å². The maximum absolute atomic E-state index is 11.3. The molecule has 2 heterocycles. The highest BCUT2D eigenvalue weighted by molar-refractivity contribution is 6.31. The van der Waals surface area contributed by atoms with Crippen LogP contribution in [0.4, 0.5) is 11.4 Å². The van der Waals surface area contributed by atoms with Crippen molar-refractivity contribution in [3.8, 4) is 22.6 Å². The zero-order valence-corrected chi connectivity index (χ0v) is 10.9. The molecule has 3 aromatic rings. The first-order valence-corrected chi connectivity index (χ1v) is 6.37. The van der Waals surface area contributed by atoms with Gasteiger partial charge in [0.25, 0.3) is 0 Å². The Hall–Kier alpha value is -2.53. The number of hydrogen-bond donors (Lipinski definition) is 1. The van der Waals surface area contributed by atoms with E-state index in [1.165, 1.54) is 5.01 Å². The van der Waals surface area contributed by atoms with Crippen LogP contribution in [0.1, 0.15) is 0 Å². The van der Waals surface area contributed by atoms with E-state index in [0.29, 0.717) is 22.2 Å². The van der Waals surface area contributed by atoms with Crippen molar-refractivity contribution in [2.24, 2.45) is 5.29 Å². The monoisotopic (exact) mass is 285 g/mol. The first-order chi connectivity index (χ1) is 9.79. The van der Waals surface area contributed by atoms with Gasteiger partial charge in [0, 0.05) is 16.1 Å². The number of nitrogens with one attached hydrogen (secondary N) is 1. The molecule has 0 amide bonds. The van der Waals surface area contributed by atoms with Gasteiger partial charge in [-0.2, -0.15) is 5.01 Å². The average molecular weight is 286 g/mol. The smallest absolute Gasteiger partial charge is 0.191 e. The number of benzene rings is 2. The van der Waals surface area contributed by atoms with Crippen LogP contribution in [0, 0.1) is 4.91 Å². The van der Waals surface area contributed by atoms with Crippen molar-refractivity contribution < 1.29 is 4.52 Å². The van der Waals surface area contributed by atoms with Crippen molar-refractivity contribution in [2.75, 3.05) is 5.01 Å². The number of H-pyrrole nitrogens is 1. The summed E-state index contributed by atoms with van der Waals surface area (Å²) in [6, 6.07) is 12.8. The molecule has 0 bridgehead atoms. The SMILES string of the molecule is O=NN1c2cc(Cl)ccc2-c2[nH]oc2-c2ccccc21. The lowest BCUT2D eigenvalue weighted by Crippen LogP contribution is -2.08. The molecular weight excluding hydrogens is 278 g/mol. The lowest BCUT2D eigenvalue weighted by Gasteiger charge is -2.17. The van der Waals surface area contributed by atoms with E-state index >= 15 is 0 Å². The van der Waals surface area contributed by atoms with Gasteiger partial charge in [-0.3, -0.25) is 0 Å². The van der Waals surface area contributed by atoms with Crippen LogP contribution < -0.4 is 5.01 Å². The normalized spacial score (nSPS) is 12.3. The molecule has 0 spiro atoms. The second-order valence-electron chi connectivity index (χ2n) is 4.48. The molecule has 20 heavy (non-hydrogen) atoms. The van der Waals surface area contributed by atoms with Crippen molar-refractivity contribution in [1.29, 1.82) is 0 Å². The highest BCUT2D eigenvalue weighted by atomic mass is 35.5. The van der Waals surface area contributed by atoms with Gasteiger partial charge in [-0.05, 0) is 30.3 Å². The van der Waals surface area contributed by atoms with Crippen molar-refractivity contribution in [1.82, 2.24) is 5.16 Å². The maximum Gasteiger partial charge on any atom is 0.191 e. The molecule has 0 fully saturated rings. The predicted octanol–water partition coefficient (Wildman–Crippen LogP) is 4.73. The summed E-state index contributed by atoms with van der Waals surface area (Å²) in [6.45, 7) is 0. The van der Waals surface area contributed by atoms with Gasteiger partial charge in [0.2, 0.25) is 0 Å². The number of anilines is 2. The van der Waals surface area contributed by atoms with Gasteiger partial charge in [-0.15, -0.1) is 4.91 Å². The number of hydrogen-bond acceptors (Lipinski definition) is 3. The molecule has 6 heteroatoms. The summed E-state index contributed by atoms with van der Waals surface area (Å²) in [6.07, 6.45) is 0. The summed E-state index contributed by atoms with van der Waals surface area (Å²) in [4.78, 5) is 11.3. The van der Waals surface area contributed by atoms with E-state index in [1.54, 1.807) is 12.1 Å². The molecule has 0 aliphatic carbocycles. The van der Waals surface area contributed by atoms with Crippen LogP contribution in [0.15, 0.2) is 52.3 Å². The molecule has 1 aromatic heterocycles. The van der Waals surface area contributed by atoms with E-state index in [-0.39, 0.29) is 0 Å². The van der Waals surface area contributed by atoms with Crippen LogP contribution in [0.25, 0.3) is 22.6 Å². The second-order valence-corrected chi connectivity index (χ2v) is 4.92. The average Bonchev–Trinajstić information content (AvgIpc) is 2.49. The zero-order chi connectivity index (χ0) is 13.7. The summed E-state index contributed by atoms with van der Waals surface area (Å²) in [5, 5.41) is 7.83. The first-order valence-electron chi connectivity index (χ1n) is 5.99. The summed E-state index contributed by atoms with van der Waals surface area (Å²) >= 11 is 6.04. The summed E-state index contributed by atoms with van der Waals surface area (Å²) in [7, 11) is 0. The van der Waals surface area contributed by atoms with Crippen LogP contribution in [-0.2, 0) is 0 Å². The molecule has 1 N–H and O–H groups in total. The zero-order valence-electron chi connectivity index (χ0n) is 10.1. The standard InChI is InChI=1S/C14H8ClN3O2/c15-8-5-6-9-12(7-8)18(17-19)11-4-2-1-3-10(11)14-13(9)16-20-14/h1-7,16H. The number of aromatic amines is 1. The van der Waals surface area contributed by atoms with Crippen molar-refractivity contribution in [3.63, 3.8) is 0 Å². The van der Waals surface area contributed by atoms with E-state index in [9.17, 15) is 4.91 Å². The third-order valence-electron chi connectivity index (χ3n) is 3.40. The van der Waals surface area contributed by atoms with Crippen molar-refractivity contribution >= 4 is 23.0 Å². The predicted molar refractivity (Wildman–Crippen MR) is 76.9 cm³/mol. The van der Waals surface area contributed by atoms with Gasteiger partial charge < -0.3 is 4.52 Å². The van der Waals surface area contributed by atoms with E-state index in [2.05, 4.69) is 10.4 Å². The number of aromatic nitrogens is 1. The molecule has 0 saturated carbocycles. The quantitative estimate of drug-likeness (QED) is 0.658. The third kappa shape index (κ3) is 1.38. The lowest BCUT2D eigenvalue weighted by atomic mass is 10.1. The summed E-state index contributed by atoms with van der Waals surface area (Å²) in [5.41, 5.74) is 3.76. The van der Waals surface area contributed by atoms with E-state index in [4.69, 9.17) is 16.1 Å². The Morgan fingerprint density at radius 2 is 1.95 bits per heavy atom. The molecular formula is C14H8ClN3O2. The molecule has 5 nitrogen and oxygen atoms in total. The Morgan fingerprint density at radius 1 is 1.10 bits per heavy atom. The number of para-hydroxylation sites is 1. The Kier molecular flexibility index (Phi) is 2.25. The molecule has 0 saturated heterocycles. The second kappa shape index (κ2) is 3.98. The fraction of sp³-hybridized carbons (Fsp3) is 0. The van der Waals surface area contributed by atoms with Crippen LogP contribution in [0.3, 0.4) is 0 Å². The van der Waals surface area contributed by atoms with Crippen LogP contribution in [0.5, 0.6) is 0 Å². The molecule has 0 atom stereocenters. The van der Waals surface area contributed by atoms with Crippen LogP contribution in [0.2, 0.25) is 5.02 Å². The number of rotatable bonds is 1. The van der Waals surface area contributed by atoms with Gasteiger partial charge in [0.15, 0.2) is 5.76 Å². The number of nitrogens with zero attached hydrogens (tertiary/aromatic N) is 2. The van der Waals surface area contributed by atoms with E-state index in [1.807, 2.05) is 30.3 Å². The molecule has 2 aromatic carbocycles. The van der Waals surface area contributed by atoms with Gasteiger partial charge >= 0.3 is 0 Å². The molecule has 0 unspecified atom stereocenters. The minimum absolute atomic E-state index is 0.541. The first kappa shape index (κ1) is 11.3. The fourth-order valence-electron chi connectivity index (χ4n) is 2.48. The molecule has 1 aliphatic rings. The molecule has 4 rings (SSSR count). The summed E-state index contributed by atoms with van der Waals surface area (Å²) in [5.74, 6) is 0.704. The minimum atomic E-state index is 0.541. The number of halogens is 1. The molecule has 1 aliphatic heterocycles. The van der Waals surface area contributed by atoms with Crippen molar-refractivity contribution in [2.45, 2.75) is 0 Å². The highest BCUT2D eigenvalue weighted by Gasteiger charge is 2.29. The Labute approximate surface area is 118 Å². The van der Waals surface area contributed by atoms with Crippen molar-refractivity contribution in [3.05, 3.63) is 52.4 Å². The summed E-state index contributed by atoms with van der Waals surface area (Å²) < 4.78 is 5.35. The fourth-order valence-corrected chi connectivity index (χ4v) is 2.65. The lowest BCUT2D eigenvalue weighted by molar-refractivity contribution is 0.381. The largest absolute Gasteiger partial charge is 0.379 e. The number of fused-ring (bicyclic) bond motifs is 5.